The van der Waals surface area contributed by atoms with E-state index in [9.17, 15) is 0 Å². The smallest absolute Gasteiger partial charge is 0.0376 e. The molecule has 0 unspecified atom stereocenters. The second kappa shape index (κ2) is 18.0. The second-order valence-corrected chi connectivity index (χ2v) is 10.6. The second-order valence-electron chi connectivity index (χ2n) is 10.6. The maximum Gasteiger partial charge on any atom is 0.0376 e. The first-order valence-electron chi connectivity index (χ1n) is 14.2. The summed E-state index contributed by atoms with van der Waals surface area (Å²) in [6.45, 7) is 34.5. The normalized spacial score (nSPS) is 13.8. The number of hydrogen-bond donors (Lipinski definition) is 1. The van der Waals surface area contributed by atoms with Crippen molar-refractivity contribution in [2.24, 2.45) is 0 Å². The minimum atomic E-state index is 0.0432. The Morgan fingerprint density at radius 3 is 1.78 bits per heavy atom. The third kappa shape index (κ3) is 12.1. The van der Waals surface area contributed by atoms with Gasteiger partial charge in [-0.05, 0) is 95.6 Å². The molecule has 0 rings (SSSR count). The lowest BCUT2D eigenvalue weighted by Crippen LogP contribution is -2.44. The number of hydrogen-bond acceptors (Lipinski definition) is 1. The van der Waals surface area contributed by atoms with Crippen LogP contribution in [0.2, 0.25) is 0 Å². The summed E-state index contributed by atoms with van der Waals surface area (Å²) >= 11 is 0. The molecule has 0 saturated carbocycles. The Balaban J connectivity index is 6.12. The zero-order valence-electron chi connectivity index (χ0n) is 25.2. The van der Waals surface area contributed by atoms with E-state index in [0.717, 1.165) is 66.5 Å². The van der Waals surface area contributed by atoms with Crippen molar-refractivity contribution in [1.29, 1.82) is 0 Å². The molecule has 1 heteroatoms. The van der Waals surface area contributed by atoms with Gasteiger partial charge in [-0.3, -0.25) is 0 Å². The largest absolute Gasteiger partial charge is 0.380 e. The fraction of sp³-hybridized carbons (Fsp3) is 0.543. The van der Waals surface area contributed by atoms with Crippen LogP contribution < -0.4 is 5.32 Å². The van der Waals surface area contributed by atoms with Crippen LogP contribution in [0.1, 0.15) is 120 Å². The number of nitrogens with one attached hydrogen (secondary N) is 1. The van der Waals surface area contributed by atoms with Crippen LogP contribution in [0.3, 0.4) is 0 Å². The predicted octanol–water partition coefficient (Wildman–Crippen LogP) is 11.3. The van der Waals surface area contributed by atoms with Crippen molar-refractivity contribution >= 4 is 0 Å². The van der Waals surface area contributed by atoms with Crippen LogP contribution in [0.5, 0.6) is 0 Å². The van der Waals surface area contributed by atoms with Crippen molar-refractivity contribution in [3.63, 3.8) is 0 Å². The van der Waals surface area contributed by atoms with E-state index in [1.807, 2.05) is 6.08 Å². The summed E-state index contributed by atoms with van der Waals surface area (Å²) in [7, 11) is 0. The van der Waals surface area contributed by atoms with Gasteiger partial charge in [0, 0.05) is 11.2 Å². The summed E-state index contributed by atoms with van der Waals surface area (Å²) in [6.07, 6.45) is 20.1. The van der Waals surface area contributed by atoms with E-state index in [0.29, 0.717) is 0 Å². The zero-order valence-corrected chi connectivity index (χ0v) is 25.2. The molecule has 0 aromatic carbocycles. The number of allylic oxidation sites excluding steroid dienone is 11. The highest BCUT2D eigenvalue weighted by Gasteiger charge is 2.29. The van der Waals surface area contributed by atoms with E-state index in [1.165, 1.54) is 42.4 Å². The lowest BCUT2D eigenvalue weighted by atomic mass is 9.81. The van der Waals surface area contributed by atoms with Gasteiger partial charge < -0.3 is 5.32 Å². The standard InChI is InChI=1S/C35H57N/c1-13-18-22-35(23-19-14-2,36-33(17-5)26-32(16-4)27(6)7)24-21-29(10)25-31(12)34(28(8)9)30(11)20-15-3/h16-17,25-26,36H,5-6,8,12-15,18-24H2,1-4,7,9-11H3/b29-25+,32-16+,33-26+,34-30+. The molecule has 0 radical (unpaired) electrons. The van der Waals surface area contributed by atoms with Gasteiger partial charge >= 0.3 is 0 Å². The van der Waals surface area contributed by atoms with E-state index in [1.54, 1.807) is 0 Å². The van der Waals surface area contributed by atoms with Crippen LogP contribution in [0.4, 0.5) is 0 Å². The highest BCUT2D eigenvalue weighted by Crippen LogP contribution is 2.32. The Morgan fingerprint density at radius 2 is 1.36 bits per heavy atom. The predicted molar refractivity (Wildman–Crippen MR) is 166 cm³/mol. The Morgan fingerprint density at radius 1 is 0.778 bits per heavy atom. The molecule has 0 spiro atoms. The average Bonchev–Trinajstić information content (AvgIpc) is 2.82. The van der Waals surface area contributed by atoms with Gasteiger partial charge in [0.05, 0.1) is 0 Å². The van der Waals surface area contributed by atoms with Gasteiger partial charge in [-0.1, -0.05) is 114 Å². The summed E-state index contributed by atoms with van der Waals surface area (Å²) in [5.74, 6) is 0. The van der Waals surface area contributed by atoms with Crippen LogP contribution in [0.25, 0.3) is 0 Å². The highest BCUT2D eigenvalue weighted by molar-refractivity contribution is 5.51. The van der Waals surface area contributed by atoms with Crippen LogP contribution >= 0.6 is 0 Å². The third-order valence-corrected chi connectivity index (χ3v) is 6.98. The van der Waals surface area contributed by atoms with E-state index >= 15 is 0 Å². The summed E-state index contributed by atoms with van der Waals surface area (Å²) in [5, 5.41) is 3.98. The summed E-state index contributed by atoms with van der Waals surface area (Å²) in [4.78, 5) is 0. The van der Waals surface area contributed by atoms with Gasteiger partial charge in [0.25, 0.3) is 0 Å². The SMILES string of the molecule is C=C/C(=C\C(=C/C)C(=C)C)NC(CCCC)(CCCC)CC/C(C)=C/C(=C)/C(C(=C)C)=C(\C)CCC. The quantitative estimate of drug-likeness (QED) is 0.177. The summed E-state index contributed by atoms with van der Waals surface area (Å²) < 4.78 is 0. The Hall–Kier alpha value is -2.28. The molecule has 202 valence electrons. The zero-order chi connectivity index (χ0) is 27.7. The molecular weight excluding hydrogens is 434 g/mol. The molecule has 0 aliphatic heterocycles. The first kappa shape index (κ1) is 33.7. The van der Waals surface area contributed by atoms with Crippen LogP contribution in [-0.2, 0) is 0 Å². The molecule has 36 heavy (non-hydrogen) atoms. The Bertz CT molecular complexity index is 860. The van der Waals surface area contributed by atoms with Crippen molar-refractivity contribution in [1.82, 2.24) is 5.32 Å². The van der Waals surface area contributed by atoms with E-state index in [-0.39, 0.29) is 5.54 Å². The highest BCUT2D eigenvalue weighted by atomic mass is 15.0. The molecule has 0 aromatic rings. The van der Waals surface area contributed by atoms with E-state index < -0.39 is 0 Å². The molecule has 0 aromatic heterocycles. The minimum absolute atomic E-state index is 0.0432. The first-order chi connectivity index (χ1) is 17.0. The van der Waals surface area contributed by atoms with E-state index in [2.05, 4.69) is 105 Å². The van der Waals surface area contributed by atoms with Gasteiger partial charge in [-0.25, -0.2) is 0 Å². The molecule has 0 aliphatic rings. The fourth-order valence-electron chi connectivity index (χ4n) is 4.96. The van der Waals surface area contributed by atoms with Crippen molar-refractivity contribution in [2.75, 3.05) is 0 Å². The van der Waals surface area contributed by atoms with Gasteiger partial charge in [0.15, 0.2) is 0 Å². The molecule has 0 aliphatic carbocycles. The van der Waals surface area contributed by atoms with Crippen molar-refractivity contribution < 1.29 is 0 Å². The first-order valence-corrected chi connectivity index (χ1v) is 14.2. The van der Waals surface area contributed by atoms with Crippen molar-refractivity contribution in [2.45, 2.75) is 125 Å². The molecule has 0 bridgehead atoms. The lowest BCUT2D eigenvalue weighted by Gasteiger charge is -2.37. The Labute approximate surface area is 225 Å². The van der Waals surface area contributed by atoms with Crippen LogP contribution in [0, 0.1) is 0 Å². The van der Waals surface area contributed by atoms with Gasteiger partial charge in [0.1, 0.15) is 0 Å². The molecule has 0 heterocycles. The number of rotatable bonds is 19. The average molecular weight is 492 g/mol. The molecular formula is C35H57N. The summed E-state index contributed by atoms with van der Waals surface area (Å²) in [5.41, 5.74) is 9.57. The maximum atomic E-state index is 4.44. The third-order valence-electron chi connectivity index (χ3n) is 6.98. The van der Waals surface area contributed by atoms with E-state index in [4.69, 9.17) is 0 Å². The Kier molecular flexibility index (Phi) is 16.9. The molecule has 0 fully saturated rings. The molecule has 0 amide bonds. The molecule has 1 N–H and O–H groups in total. The van der Waals surface area contributed by atoms with Gasteiger partial charge in [-0.15, -0.1) is 0 Å². The van der Waals surface area contributed by atoms with Crippen LogP contribution in [0.15, 0.2) is 95.3 Å². The van der Waals surface area contributed by atoms with Gasteiger partial charge in [0.2, 0.25) is 0 Å². The summed E-state index contributed by atoms with van der Waals surface area (Å²) in [6, 6.07) is 0. The minimum Gasteiger partial charge on any atom is -0.380 e. The topological polar surface area (TPSA) is 12.0 Å². The number of unbranched alkanes of at least 4 members (excludes halogenated alkanes) is 2. The fourth-order valence-corrected chi connectivity index (χ4v) is 4.96. The molecule has 0 saturated heterocycles. The van der Waals surface area contributed by atoms with Crippen molar-refractivity contribution in [3.05, 3.63) is 95.3 Å². The lowest BCUT2D eigenvalue weighted by molar-refractivity contribution is 0.271. The monoisotopic (exact) mass is 491 g/mol. The maximum absolute atomic E-state index is 4.44. The molecule has 0 atom stereocenters. The van der Waals surface area contributed by atoms with Gasteiger partial charge in [-0.2, -0.15) is 0 Å². The van der Waals surface area contributed by atoms with Crippen LogP contribution in [-0.4, -0.2) is 5.54 Å². The van der Waals surface area contributed by atoms with Crippen molar-refractivity contribution in [3.8, 4) is 0 Å². The molecule has 1 nitrogen and oxygen atoms in total.